The fraction of sp³-hybridized carbons (Fsp3) is 0.0769. The molecule has 21 heavy (non-hydrogen) atoms. The smallest absolute Gasteiger partial charge is 0.271 e. The van der Waals surface area contributed by atoms with Crippen LogP contribution in [0.4, 0.5) is 10.1 Å². The highest BCUT2D eigenvalue weighted by atomic mass is 79.9. The maximum atomic E-state index is 13.8. The highest BCUT2D eigenvalue weighted by Crippen LogP contribution is 2.40. The molecule has 0 fully saturated rings. The second kappa shape index (κ2) is 6.50. The van der Waals surface area contributed by atoms with Crippen molar-refractivity contribution in [1.82, 2.24) is 0 Å². The van der Waals surface area contributed by atoms with Crippen LogP contribution in [0.15, 0.2) is 39.3 Å². The summed E-state index contributed by atoms with van der Waals surface area (Å²) < 4.78 is 19.9. The van der Waals surface area contributed by atoms with Gasteiger partial charge in [0.1, 0.15) is 0 Å². The van der Waals surface area contributed by atoms with Gasteiger partial charge in [-0.15, -0.1) is 0 Å². The average Bonchev–Trinajstić information content (AvgIpc) is 2.43. The Morgan fingerprint density at radius 1 is 1.24 bits per heavy atom. The second-order valence-corrected chi connectivity index (χ2v) is 5.73. The van der Waals surface area contributed by atoms with Gasteiger partial charge in [-0.25, -0.2) is 4.39 Å². The molecule has 0 atom stereocenters. The standard InChI is InChI=1S/C13H8Br2FNO4/c14-9-4-8(17(19)20)5-10(15)13(9)21-12-2-1-7(6-18)3-11(12)16/h1-5,18H,6H2. The molecule has 0 bridgehead atoms. The minimum Gasteiger partial charge on any atom is -0.452 e. The Balaban J connectivity index is 2.38. The number of rotatable bonds is 4. The second-order valence-electron chi connectivity index (χ2n) is 4.02. The van der Waals surface area contributed by atoms with E-state index in [1.54, 1.807) is 0 Å². The molecular weight excluding hydrogens is 413 g/mol. The van der Waals surface area contributed by atoms with Crippen LogP contribution in [0, 0.1) is 15.9 Å². The van der Waals surface area contributed by atoms with Crippen LogP contribution in [0.3, 0.4) is 0 Å². The molecule has 2 aromatic rings. The quantitative estimate of drug-likeness (QED) is 0.582. The van der Waals surface area contributed by atoms with Crippen molar-refractivity contribution in [2.24, 2.45) is 0 Å². The molecule has 8 heteroatoms. The Morgan fingerprint density at radius 3 is 2.33 bits per heavy atom. The lowest BCUT2D eigenvalue weighted by Gasteiger charge is -2.11. The first-order chi connectivity index (χ1) is 9.92. The van der Waals surface area contributed by atoms with E-state index in [4.69, 9.17) is 9.84 Å². The third-order valence-corrected chi connectivity index (χ3v) is 3.76. The van der Waals surface area contributed by atoms with Gasteiger partial charge in [0.05, 0.1) is 20.5 Å². The summed E-state index contributed by atoms with van der Waals surface area (Å²) >= 11 is 6.31. The van der Waals surface area contributed by atoms with Crippen molar-refractivity contribution >= 4 is 37.5 Å². The summed E-state index contributed by atoms with van der Waals surface area (Å²) in [6.07, 6.45) is 0. The first kappa shape index (κ1) is 15.9. The van der Waals surface area contributed by atoms with Crippen molar-refractivity contribution in [1.29, 1.82) is 0 Å². The van der Waals surface area contributed by atoms with Crippen LogP contribution in [-0.4, -0.2) is 10.0 Å². The molecule has 0 aromatic heterocycles. The van der Waals surface area contributed by atoms with Gasteiger partial charge in [0.15, 0.2) is 17.3 Å². The van der Waals surface area contributed by atoms with E-state index in [0.29, 0.717) is 14.5 Å². The summed E-state index contributed by atoms with van der Waals surface area (Å²) in [7, 11) is 0. The lowest BCUT2D eigenvalue weighted by Crippen LogP contribution is -1.94. The van der Waals surface area contributed by atoms with Crippen LogP contribution < -0.4 is 4.74 Å². The van der Waals surface area contributed by atoms with Crippen molar-refractivity contribution < 1.29 is 19.2 Å². The van der Waals surface area contributed by atoms with Crippen molar-refractivity contribution in [3.05, 3.63) is 60.8 Å². The van der Waals surface area contributed by atoms with Crippen LogP contribution in [-0.2, 0) is 6.61 Å². The maximum Gasteiger partial charge on any atom is 0.271 e. The summed E-state index contributed by atoms with van der Waals surface area (Å²) in [5.41, 5.74) is 0.291. The SMILES string of the molecule is O=[N+]([O-])c1cc(Br)c(Oc2ccc(CO)cc2F)c(Br)c1. The van der Waals surface area contributed by atoms with Gasteiger partial charge < -0.3 is 9.84 Å². The number of aliphatic hydroxyl groups is 1. The third-order valence-electron chi connectivity index (χ3n) is 2.58. The Morgan fingerprint density at radius 2 is 1.86 bits per heavy atom. The highest BCUT2D eigenvalue weighted by Gasteiger charge is 2.17. The Kier molecular flexibility index (Phi) is 4.92. The zero-order chi connectivity index (χ0) is 15.6. The van der Waals surface area contributed by atoms with Gasteiger partial charge in [-0.3, -0.25) is 10.1 Å². The molecule has 0 spiro atoms. The van der Waals surface area contributed by atoms with Crippen LogP contribution in [0.5, 0.6) is 11.5 Å². The van der Waals surface area contributed by atoms with E-state index in [0.717, 1.165) is 6.07 Å². The molecule has 5 nitrogen and oxygen atoms in total. The van der Waals surface area contributed by atoms with Crippen LogP contribution in [0.2, 0.25) is 0 Å². The van der Waals surface area contributed by atoms with E-state index >= 15 is 0 Å². The number of hydrogen-bond acceptors (Lipinski definition) is 4. The number of halogens is 3. The minimum atomic E-state index is -0.640. The number of nitro benzene ring substituents is 1. The van der Waals surface area contributed by atoms with Gasteiger partial charge in [0.25, 0.3) is 5.69 Å². The first-order valence-electron chi connectivity index (χ1n) is 5.63. The molecule has 0 aliphatic heterocycles. The van der Waals surface area contributed by atoms with Crippen LogP contribution in [0.25, 0.3) is 0 Å². The molecule has 2 rings (SSSR count). The predicted octanol–water partition coefficient (Wildman–Crippen LogP) is 4.54. The summed E-state index contributed by atoms with van der Waals surface area (Å²) in [6, 6.07) is 6.58. The van der Waals surface area contributed by atoms with Gasteiger partial charge >= 0.3 is 0 Å². The van der Waals surface area contributed by atoms with Crippen molar-refractivity contribution in [2.45, 2.75) is 6.61 Å². The summed E-state index contributed by atoms with van der Waals surface area (Å²) in [6.45, 7) is -0.276. The number of benzene rings is 2. The fourth-order valence-corrected chi connectivity index (χ4v) is 2.91. The molecule has 0 aliphatic rings. The third kappa shape index (κ3) is 3.58. The number of nitro groups is 1. The van der Waals surface area contributed by atoms with E-state index in [-0.39, 0.29) is 23.8 Å². The molecule has 0 saturated heterocycles. The van der Waals surface area contributed by atoms with Gasteiger partial charge in [0, 0.05) is 12.1 Å². The lowest BCUT2D eigenvalue weighted by atomic mass is 10.2. The minimum absolute atomic E-state index is 0.0533. The first-order valence-corrected chi connectivity index (χ1v) is 7.21. The van der Waals surface area contributed by atoms with Gasteiger partial charge in [-0.05, 0) is 49.6 Å². The number of ether oxygens (including phenoxy) is 1. The number of nitrogens with zero attached hydrogens (tertiary/aromatic N) is 1. The predicted molar refractivity (Wildman–Crippen MR) is 80.9 cm³/mol. The van der Waals surface area contributed by atoms with Crippen LogP contribution >= 0.6 is 31.9 Å². The molecule has 0 unspecified atom stereocenters. The van der Waals surface area contributed by atoms with Gasteiger partial charge in [-0.1, -0.05) is 6.07 Å². The summed E-state index contributed by atoms with van der Waals surface area (Å²) in [5.74, 6) is -0.475. The number of non-ortho nitro benzene ring substituents is 1. The molecule has 0 heterocycles. The average molecular weight is 421 g/mol. The molecular formula is C13H8Br2FNO4. The lowest BCUT2D eigenvalue weighted by molar-refractivity contribution is -0.385. The molecule has 2 aromatic carbocycles. The van der Waals surface area contributed by atoms with Crippen molar-refractivity contribution in [2.75, 3.05) is 0 Å². The molecule has 0 aliphatic carbocycles. The van der Waals surface area contributed by atoms with E-state index in [9.17, 15) is 14.5 Å². The Bertz CT molecular complexity index is 686. The number of aliphatic hydroxyl groups excluding tert-OH is 1. The Labute approximate surface area is 135 Å². The van der Waals surface area contributed by atoms with Gasteiger partial charge in [0.2, 0.25) is 0 Å². The summed E-state index contributed by atoms with van der Waals surface area (Å²) in [4.78, 5) is 10.2. The Hall–Kier alpha value is -1.51. The highest BCUT2D eigenvalue weighted by molar-refractivity contribution is 9.11. The van der Waals surface area contributed by atoms with E-state index in [1.807, 2.05) is 0 Å². The summed E-state index contributed by atoms with van der Waals surface area (Å²) in [5, 5.41) is 19.7. The zero-order valence-electron chi connectivity index (χ0n) is 10.3. The number of hydrogen-bond donors (Lipinski definition) is 1. The van der Waals surface area contributed by atoms with Crippen molar-refractivity contribution in [3.63, 3.8) is 0 Å². The topological polar surface area (TPSA) is 72.6 Å². The van der Waals surface area contributed by atoms with E-state index < -0.39 is 10.7 Å². The fourth-order valence-electron chi connectivity index (χ4n) is 1.58. The zero-order valence-corrected chi connectivity index (χ0v) is 13.5. The maximum absolute atomic E-state index is 13.8. The molecule has 110 valence electrons. The molecule has 0 saturated carbocycles. The largest absolute Gasteiger partial charge is 0.452 e. The molecule has 0 radical (unpaired) electrons. The van der Waals surface area contributed by atoms with Gasteiger partial charge in [-0.2, -0.15) is 0 Å². The van der Waals surface area contributed by atoms with Crippen LogP contribution in [0.1, 0.15) is 5.56 Å². The van der Waals surface area contributed by atoms with E-state index in [2.05, 4.69) is 31.9 Å². The molecule has 0 amide bonds. The van der Waals surface area contributed by atoms with Crippen molar-refractivity contribution in [3.8, 4) is 11.5 Å². The van der Waals surface area contributed by atoms with E-state index in [1.165, 1.54) is 24.3 Å². The normalized spacial score (nSPS) is 10.5. The monoisotopic (exact) mass is 419 g/mol. The molecule has 1 N–H and O–H groups in total.